The van der Waals surface area contributed by atoms with Gasteiger partial charge in [-0.1, -0.05) is 36.4 Å². The van der Waals surface area contributed by atoms with Crippen LogP contribution in [-0.4, -0.2) is 18.0 Å². The molecule has 3 heteroatoms. The highest BCUT2D eigenvalue weighted by atomic mass is 16.2. The first-order chi connectivity index (χ1) is 9.24. The van der Waals surface area contributed by atoms with Crippen molar-refractivity contribution in [2.75, 3.05) is 5.32 Å². The van der Waals surface area contributed by atoms with E-state index in [0.29, 0.717) is 6.04 Å². The van der Waals surface area contributed by atoms with Gasteiger partial charge in [-0.2, -0.15) is 0 Å². The van der Waals surface area contributed by atoms with Gasteiger partial charge in [0, 0.05) is 17.1 Å². The maximum Gasteiger partial charge on any atom is 0.242 e. The molecule has 1 atom stereocenters. The summed E-state index contributed by atoms with van der Waals surface area (Å²) in [5.74, 6) is 0.0791. The lowest BCUT2D eigenvalue weighted by atomic mass is 10.1. The summed E-state index contributed by atoms with van der Waals surface area (Å²) >= 11 is 0. The van der Waals surface area contributed by atoms with Crippen LogP contribution in [0.4, 0.5) is 5.69 Å². The van der Waals surface area contributed by atoms with Gasteiger partial charge in [0.15, 0.2) is 0 Å². The van der Waals surface area contributed by atoms with E-state index in [-0.39, 0.29) is 11.9 Å². The van der Waals surface area contributed by atoms with E-state index in [9.17, 15) is 4.79 Å². The second kappa shape index (κ2) is 4.92. The van der Waals surface area contributed by atoms with E-state index in [1.165, 1.54) is 5.39 Å². The van der Waals surface area contributed by atoms with Crippen molar-refractivity contribution in [3.63, 3.8) is 0 Å². The van der Waals surface area contributed by atoms with Gasteiger partial charge in [-0.15, -0.1) is 0 Å². The molecule has 2 N–H and O–H groups in total. The van der Waals surface area contributed by atoms with Gasteiger partial charge in [0.25, 0.3) is 0 Å². The molecular formula is C16H18N2O. The van der Waals surface area contributed by atoms with Crippen molar-refractivity contribution in [1.82, 2.24) is 5.32 Å². The van der Waals surface area contributed by atoms with E-state index in [2.05, 4.69) is 28.8 Å². The summed E-state index contributed by atoms with van der Waals surface area (Å²) < 4.78 is 0. The van der Waals surface area contributed by atoms with E-state index >= 15 is 0 Å². The smallest absolute Gasteiger partial charge is 0.242 e. The molecule has 1 aliphatic rings. The van der Waals surface area contributed by atoms with Crippen LogP contribution < -0.4 is 10.6 Å². The minimum atomic E-state index is -0.216. The SMILES string of the molecule is C[C@H](Nc1cccc2ccccc12)C(=O)NC1CC1. The molecule has 0 heterocycles. The zero-order valence-electron chi connectivity index (χ0n) is 11.0. The van der Waals surface area contributed by atoms with E-state index in [4.69, 9.17) is 0 Å². The minimum Gasteiger partial charge on any atom is -0.373 e. The zero-order chi connectivity index (χ0) is 13.2. The molecule has 0 unspecified atom stereocenters. The molecule has 98 valence electrons. The fourth-order valence-corrected chi connectivity index (χ4v) is 2.20. The van der Waals surface area contributed by atoms with Gasteiger partial charge >= 0.3 is 0 Å². The van der Waals surface area contributed by atoms with Crippen LogP contribution in [0.3, 0.4) is 0 Å². The normalized spacial score (nSPS) is 16.1. The first kappa shape index (κ1) is 12.0. The van der Waals surface area contributed by atoms with Gasteiger partial charge in [-0.3, -0.25) is 4.79 Å². The third-order valence-corrected chi connectivity index (χ3v) is 3.48. The third-order valence-electron chi connectivity index (χ3n) is 3.48. The lowest BCUT2D eigenvalue weighted by Crippen LogP contribution is -2.38. The number of carbonyl (C=O) groups is 1. The Kier molecular flexibility index (Phi) is 3.11. The van der Waals surface area contributed by atoms with Crippen molar-refractivity contribution in [2.45, 2.75) is 31.8 Å². The van der Waals surface area contributed by atoms with Gasteiger partial charge in [0.2, 0.25) is 5.91 Å². The van der Waals surface area contributed by atoms with Crippen LogP contribution in [0.15, 0.2) is 42.5 Å². The number of anilines is 1. The number of rotatable bonds is 4. The summed E-state index contributed by atoms with van der Waals surface area (Å²) in [5.41, 5.74) is 1.01. The lowest BCUT2D eigenvalue weighted by Gasteiger charge is -2.16. The highest BCUT2D eigenvalue weighted by molar-refractivity contribution is 5.95. The Labute approximate surface area is 113 Å². The van der Waals surface area contributed by atoms with Gasteiger partial charge in [-0.05, 0) is 31.2 Å². The Morgan fingerprint density at radius 2 is 1.89 bits per heavy atom. The average Bonchev–Trinajstić information content (AvgIpc) is 3.23. The molecule has 0 bridgehead atoms. The molecule has 2 aromatic rings. The van der Waals surface area contributed by atoms with Crippen molar-refractivity contribution in [2.24, 2.45) is 0 Å². The number of carbonyl (C=O) groups excluding carboxylic acids is 1. The number of hydrogen-bond acceptors (Lipinski definition) is 2. The van der Waals surface area contributed by atoms with Gasteiger partial charge in [-0.25, -0.2) is 0 Å². The molecule has 0 spiro atoms. The predicted molar refractivity (Wildman–Crippen MR) is 78.2 cm³/mol. The summed E-state index contributed by atoms with van der Waals surface area (Å²) in [6.45, 7) is 1.90. The van der Waals surface area contributed by atoms with Crippen LogP contribution in [0.5, 0.6) is 0 Å². The lowest BCUT2D eigenvalue weighted by molar-refractivity contribution is -0.121. The largest absolute Gasteiger partial charge is 0.373 e. The van der Waals surface area contributed by atoms with E-state index < -0.39 is 0 Å². The monoisotopic (exact) mass is 254 g/mol. The first-order valence-electron chi connectivity index (χ1n) is 6.79. The Hall–Kier alpha value is -2.03. The molecule has 0 radical (unpaired) electrons. The summed E-state index contributed by atoms with van der Waals surface area (Å²) in [4.78, 5) is 12.0. The van der Waals surface area contributed by atoms with Crippen LogP contribution in [0.25, 0.3) is 10.8 Å². The van der Waals surface area contributed by atoms with Crippen LogP contribution in [-0.2, 0) is 4.79 Å². The molecule has 1 fully saturated rings. The highest BCUT2D eigenvalue weighted by Gasteiger charge is 2.25. The maximum atomic E-state index is 12.0. The Morgan fingerprint density at radius 3 is 2.68 bits per heavy atom. The van der Waals surface area contributed by atoms with E-state index in [1.807, 2.05) is 31.2 Å². The van der Waals surface area contributed by atoms with Gasteiger partial charge < -0.3 is 10.6 Å². The second-order valence-corrected chi connectivity index (χ2v) is 5.18. The summed E-state index contributed by atoms with van der Waals surface area (Å²) in [5, 5.41) is 8.66. The third kappa shape index (κ3) is 2.70. The molecule has 19 heavy (non-hydrogen) atoms. The molecule has 3 nitrogen and oxygen atoms in total. The van der Waals surface area contributed by atoms with E-state index in [0.717, 1.165) is 23.9 Å². The quantitative estimate of drug-likeness (QED) is 0.880. The van der Waals surface area contributed by atoms with Crippen molar-refractivity contribution in [1.29, 1.82) is 0 Å². The number of hydrogen-bond donors (Lipinski definition) is 2. The zero-order valence-corrected chi connectivity index (χ0v) is 11.0. The maximum absolute atomic E-state index is 12.0. The number of amides is 1. The fourth-order valence-electron chi connectivity index (χ4n) is 2.20. The standard InChI is InChI=1S/C16H18N2O/c1-11(16(19)18-13-9-10-13)17-15-8-4-6-12-5-2-3-7-14(12)15/h2-8,11,13,17H,9-10H2,1H3,(H,18,19)/t11-/m0/s1. The topological polar surface area (TPSA) is 41.1 Å². The molecule has 2 aromatic carbocycles. The fraction of sp³-hybridized carbons (Fsp3) is 0.312. The van der Waals surface area contributed by atoms with Crippen LogP contribution in [0.1, 0.15) is 19.8 Å². The molecule has 1 aliphatic carbocycles. The van der Waals surface area contributed by atoms with Crippen LogP contribution in [0, 0.1) is 0 Å². The molecule has 1 saturated carbocycles. The van der Waals surface area contributed by atoms with Crippen molar-refractivity contribution in [3.05, 3.63) is 42.5 Å². The predicted octanol–water partition coefficient (Wildman–Crippen LogP) is 2.92. The first-order valence-corrected chi connectivity index (χ1v) is 6.79. The number of benzene rings is 2. The minimum absolute atomic E-state index is 0.0791. The average molecular weight is 254 g/mol. The Balaban J connectivity index is 1.78. The molecule has 0 aliphatic heterocycles. The van der Waals surface area contributed by atoms with E-state index in [1.54, 1.807) is 0 Å². The number of nitrogens with one attached hydrogen (secondary N) is 2. The molecule has 0 saturated heterocycles. The Morgan fingerprint density at radius 1 is 1.16 bits per heavy atom. The Bertz CT molecular complexity index is 599. The molecule has 3 rings (SSSR count). The van der Waals surface area contributed by atoms with Crippen molar-refractivity contribution in [3.8, 4) is 0 Å². The summed E-state index contributed by atoms with van der Waals surface area (Å²) in [7, 11) is 0. The van der Waals surface area contributed by atoms with Crippen molar-refractivity contribution < 1.29 is 4.79 Å². The van der Waals surface area contributed by atoms with Crippen molar-refractivity contribution >= 4 is 22.4 Å². The number of fused-ring (bicyclic) bond motifs is 1. The molecule has 1 amide bonds. The van der Waals surface area contributed by atoms with Gasteiger partial charge in [0.1, 0.15) is 6.04 Å². The van der Waals surface area contributed by atoms with Crippen LogP contribution in [0.2, 0.25) is 0 Å². The molecular weight excluding hydrogens is 236 g/mol. The molecule has 0 aromatic heterocycles. The second-order valence-electron chi connectivity index (χ2n) is 5.18. The van der Waals surface area contributed by atoms with Gasteiger partial charge in [0.05, 0.1) is 0 Å². The summed E-state index contributed by atoms with van der Waals surface area (Å²) in [6.07, 6.45) is 2.24. The summed E-state index contributed by atoms with van der Waals surface area (Å²) in [6, 6.07) is 14.5. The van der Waals surface area contributed by atoms with Crippen LogP contribution >= 0.6 is 0 Å². The highest BCUT2D eigenvalue weighted by Crippen LogP contribution is 2.24.